The first-order chi connectivity index (χ1) is 71.2. The van der Waals surface area contributed by atoms with Gasteiger partial charge < -0.3 is 49.7 Å². The molecule has 2 amide bonds. The topological polar surface area (TPSA) is 496 Å². The van der Waals surface area contributed by atoms with Gasteiger partial charge in [0.25, 0.3) is 25.7 Å². The van der Waals surface area contributed by atoms with Crippen LogP contribution in [0.1, 0.15) is 106 Å². The van der Waals surface area contributed by atoms with E-state index in [2.05, 4.69) is 130 Å². The van der Waals surface area contributed by atoms with Crippen LogP contribution in [0.5, 0.6) is 0 Å². The number of amides is 2. The van der Waals surface area contributed by atoms with Crippen LogP contribution in [0.3, 0.4) is 0 Å². The van der Waals surface area contributed by atoms with Crippen LogP contribution in [-0.2, 0) is 39.5 Å². The van der Waals surface area contributed by atoms with Crippen molar-refractivity contribution < 1.29 is 79.8 Å². The number of alkyl halides is 8. The zero-order valence-corrected chi connectivity index (χ0v) is 83.0. The van der Waals surface area contributed by atoms with E-state index in [1.807, 2.05) is 57.9 Å². The molecular formula is C92H105F8N35O10S3. The zero-order valence-electron chi connectivity index (χ0n) is 80.6. The first-order valence-electron chi connectivity index (χ1n) is 47.5. The molecule has 7 saturated heterocycles. The fourth-order valence-corrected chi connectivity index (χ4v) is 21.0. The maximum absolute atomic E-state index is 13.1. The molecule has 0 bridgehead atoms. The Kier molecular flexibility index (Phi) is 31.8. The molecule has 15 aromatic rings. The molecule has 6 unspecified atom stereocenters. The van der Waals surface area contributed by atoms with Crippen molar-refractivity contribution in [2.24, 2.45) is 11.8 Å². The lowest BCUT2D eigenvalue weighted by atomic mass is 9.85. The number of ether oxygens (including phenoxy) is 2. The zero-order chi connectivity index (χ0) is 104. The van der Waals surface area contributed by atoms with Crippen molar-refractivity contribution in [3.8, 4) is 56.8 Å². The highest BCUT2D eigenvalue weighted by Crippen LogP contribution is 2.39. The molecule has 0 spiro atoms. The second-order valence-electron chi connectivity index (χ2n) is 36.3. The second kappa shape index (κ2) is 45.3. The van der Waals surface area contributed by atoms with Gasteiger partial charge in [-0.05, 0) is 136 Å². The van der Waals surface area contributed by atoms with Crippen LogP contribution in [0, 0.1) is 11.8 Å². The Morgan fingerprint density at radius 3 is 1.45 bits per heavy atom. The molecule has 0 aliphatic carbocycles. The third-order valence-electron chi connectivity index (χ3n) is 26.1. The Labute approximate surface area is 842 Å². The van der Waals surface area contributed by atoms with E-state index in [9.17, 15) is 65.2 Å². The summed E-state index contributed by atoms with van der Waals surface area (Å²) in [6, 6.07) is 25.7. The van der Waals surface area contributed by atoms with Crippen molar-refractivity contribution in [3.63, 3.8) is 0 Å². The minimum Gasteiger partial charge on any atom is -0.395 e. The molecule has 45 nitrogen and oxygen atoms in total. The summed E-state index contributed by atoms with van der Waals surface area (Å²) in [5, 5.41) is 35.1. The van der Waals surface area contributed by atoms with Crippen molar-refractivity contribution in [3.05, 3.63) is 188 Å². The Morgan fingerprint density at radius 1 is 0.473 bits per heavy atom. The fraction of sp³-hybridized carbons (Fsp3) is 0.435. The minimum atomic E-state index is -3.37. The number of sulfonamides is 3. The number of pyridine rings is 1. The molecule has 56 heteroatoms. The van der Waals surface area contributed by atoms with Crippen molar-refractivity contribution in [1.82, 2.24) is 147 Å². The number of morpholine rings is 1. The molecule has 782 valence electrons. The summed E-state index contributed by atoms with van der Waals surface area (Å²) in [4.78, 5) is 85.2. The molecule has 0 aromatic carbocycles. The number of urea groups is 1. The molecule has 15 aromatic heterocycles. The summed E-state index contributed by atoms with van der Waals surface area (Å²) in [6.45, 7) is 12.7. The average molecular weight is 2110 g/mol. The lowest BCUT2D eigenvalue weighted by Crippen LogP contribution is -2.65. The molecule has 7 aliphatic heterocycles. The highest BCUT2D eigenvalue weighted by atomic mass is 32.2. The molecule has 5 N–H and O–H groups in total. The molecule has 22 heterocycles. The van der Waals surface area contributed by atoms with Gasteiger partial charge in [0, 0.05) is 146 Å². The average Bonchev–Trinajstić information content (AvgIpc) is 1.09. The number of aromatic nitrogens is 24. The van der Waals surface area contributed by atoms with E-state index >= 15 is 0 Å². The number of aliphatic hydroxyl groups is 1. The van der Waals surface area contributed by atoms with Crippen LogP contribution in [0.15, 0.2) is 160 Å². The SMILES string of the molecule is CC(NS(C)(=O)=O)C1CN(c2cc(-c3cnc4ccc(C(F)F)nn34)ncn2)CCO1.CNc1ccc2ncc(-c3ccnc(N4CCCC(CNS(C)(=O)=O)C4)c3)n2n1.CS(=O)(=O)N1CC2CCN(c3cc(-c4cnc5ccc(C(F)F)nn45)ncn3)CC21.FC(F)c1ccc2ncc(-c3cc(N4CCCN(C5COC5)C4)ncn3)n2n1.O=C(NCCO)N1CCCC(c2cc(-c3cnc4ccc(C(F)F)nn34)ncn2)C1. The Hall–Kier alpha value is -14.2. The number of likely N-dealkylation sites (tertiary alicyclic amines) is 1. The quantitative estimate of drug-likeness (QED) is 0.0335. The number of imidazole rings is 5. The maximum atomic E-state index is 13.1. The number of halogens is 8. The molecular weight excluding hydrogens is 2000 g/mol. The van der Waals surface area contributed by atoms with Crippen LogP contribution in [0.25, 0.3) is 85.0 Å². The number of piperidine rings is 3. The van der Waals surface area contributed by atoms with Crippen LogP contribution in [-0.4, -0.2) is 337 Å². The second-order valence-corrected chi connectivity index (χ2v) is 41.8. The van der Waals surface area contributed by atoms with E-state index in [1.54, 1.807) is 48.6 Å². The summed E-state index contributed by atoms with van der Waals surface area (Å²) >= 11 is 0. The van der Waals surface area contributed by atoms with Gasteiger partial charge >= 0.3 is 6.03 Å². The third kappa shape index (κ3) is 24.5. The summed E-state index contributed by atoms with van der Waals surface area (Å²) in [6.07, 6.45) is 13.6. The Balaban J connectivity index is 0.000000121. The predicted octanol–water partition coefficient (Wildman–Crippen LogP) is 8.46. The van der Waals surface area contributed by atoms with E-state index in [0.717, 1.165) is 137 Å². The maximum Gasteiger partial charge on any atom is 0.317 e. The molecule has 22 rings (SSSR count). The predicted molar refractivity (Wildman–Crippen MR) is 527 cm³/mol. The van der Waals surface area contributed by atoms with Crippen LogP contribution in [0.4, 0.5) is 69.0 Å². The van der Waals surface area contributed by atoms with Crippen molar-refractivity contribution in [2.45, 2.75) is 101 Å². The van der Waals surface area contributed by atoms with Gasteiger partial charge in [-0.3, -0.25) is 4.90 Å². The summed E-state index contributed by atoms with van der Waals surface area (Å²) in [7, 11) is -7.93. The Morgan fingerprint density at radius 2 is 0.953 bits per heavy atom. The third-order valence-corrected chi connectivity index (χ3v) is 28.9. The number of aliphatic hydroxyl groups excluding tert-OH is 1. The van der Waals surface area contributed by atoms with E-state index in [0.29, 0.717) is 144 Å². The normalized spacial score (nSPS) is 18.9. The smallest absolute Gasteiger partial charge is 0.317 e. The van der Waals surface area contributed by atoms with E-state index in [1.165, 1.54) is 121 Å². The van der Waals surface area contributed by atoms with Crippen molar-refractivity contribution in [1.29, 1.82) is 0 Å². The lowest BCUT2D eigenvalue weighted by molar-refractivity contribution is -0.0684. The lowest BCUT2D eigenvalue weighted by Gasteiger charge is -2.52. The number of nitrogens with one attached hydrogen (secondary N) is 4. The van der Waals surface area contributed by atoms with Gasteiger partial charge in [-0.15, -0.1) is 5.10 Å². The number of hydrogen-bond acceptors (Lipinski definition) is 35. The number of carbonyl (C=O) groups excluding carboxylic acids is 1. The summed E-state index contributed by atoms with van der Waals surface area (Å²) in [5.41, 5.74) is 7.97. The van der Waals surface area contributed by atoms with Crippen LogP contribution in [0.2, 0.25) is 0 Å². The molecule has 7 aliphatic rings. The molecule has 6 atom stereocenters. The first kappa shape index (κ1) is 104. The van der Waals surface area contributed by atoms with E-state index in [4.69, 9.17) is 14.6 Å². The first-order valence-corrected chi connectivity index (χ1v) is 53.1. The summed E-state index contributed by atoms with van der Waals surface area (Å²) in [5.74, 6) is 4.35. The standard InChI is InChI=1S/C19H21F2N7O2.C19H25N7O2S.C18H21F2N7O3S.C18H19F2N7O2S.C18H19F2N7O/c20-18(21)13-3-4-17-23-9-16(28(17)26-13)15-8-14(24-11-25-15)12-2-1-6-27(10-12)19(30)22-5-7-29;1-20-17-5-6-18-22-12-16(26(18)24-17)15-7-8-21-19(10-15)25-9-3-4-14(13-25)11-23-29(2,27)28;1-11(25-31(2,28)29)15-9-26(5-6-30-15)17-7-13(22-10-23-17)14-8-21-16-4-3-12(18(19)20)24-27(14)16;1-30(28,29)26-8-11-4-5-25(9-15(11)26)17-6-13(22-10-23-17)14-7-21-16-3-2-12(18(19)20)24-27(14)16;19-18(20)13-2-3-16-21-7-15(27(16)24-13)14-6-17(23-10-22-14)26-5-1-4-25(11-26)12-8-28-9-12/h3-4,8-9,11-12,18,29H,1-2,5-7,10H2,(H,22,30);5-8,10,12,14,23H,3-4,9,11,13H2,1-2H3,(H,20,24);3-4,7-8,10-11,15,18,25H,5-6,9H2,1-2H3;2-3,6-7,10-11,15,18H,4-5,8-9H2,1H3;2-3,6-7,10,12,18H,1,4-5,8-9,11H2. The van der Waals surface area contributed by atoms with Gasteiger partial charge in [-0.1, -0.05) is 0 Å². The van der Waals surface area contributed by atoms with Gasteiger partial charge in [0.15, 0.2) is 28.2 Å². The van der Waals surface area contributed by atoms with Crippen LogP contribution >= 0.6 is 0 Å². The number of carbonyl (C=O) groups is 1. The highest BCUT2D eigenvalue weighted by molar-refractivity contribution is 7.89. The van der Waals surface area contributed by atoms with Gasteiger partial charge in [0.05, 0.1) is 123 Å². The van der Waals surface area contributed by atoms with E-state index in [-0.39, 0.29) is 65.9 Å². The van der Waals surface area contributed by atoms with Gasteiger partial charge in [0.1, 0.15) is 100.0 Å². The molecule has 148 heavy (non-hydrogen) atoms. The highest BCUT2D eigenvalue weighted by Gasteiger charge is 2.47. The van der Waals surface area contributed by atoms with Crippen molar-refractivity contribution in [2.75, 3.05) is 169 Å². The monoisotopic (exact) mass is 2110 g/mol. The minimum absolute atomic E-state index is 0.0177. The number of anilines is 5. The number of rotatable bonds is 25. The number of nitrogens with zero attached hydrogens (tertiary/aromatic N) is 31. The molecule has 0 saturated carbocycles. The number of fused-ring (bicyclic) bond motifs is 6. The molecule has 7 fully saturated rings. The van der Waals surface area contributed by atoms with Gasteiger partial charge in [-0.25, -0.2) is 167 Å². The van der Waals surface area contributed by atoms with E-state index < -0.39 is 61.8 Å². The largest absolute Gasteiger partial charge is 0.395 e. The van der Waals surface area contributed by atoms with Crippen molar-refractivity contribution >= 4 is 93.4 Å². The molecule has 0 radical (unpaired) electrons. The fourth-order valence-electron chi connectivity index (χ4n) is 18.5. The van der Waals surface area contributed by atoms with Crippen LogP contribution < -0.4 is 39.7 Å². The van der Waals surface area contributed by atoms with Gasteiger partial charge in [-0.2, -0.15) is 24.7 Å². The van der Waals surface area contributed by atoms with Gasteiger partial charge in [0.2, 0.25) is 30.1 Å². The Bertz CT molecular complexity index is 7590. The summed E-state index contributed by atoms with van der Waals surface area (Å²) < 4.78 is 199. The number of hydrogen-bond donors (Lipinski definition) is 5.